The summed E-state index contributed by atoms with van der Waals surface area (Å²) in [4.78, 5) is 2.26. The van der Waals surface area contributed by atoms with Crippen molar-refractivity contribution in [1.29, 1.82) is 0 Å². The third-order valence-corrected chi connectivity index (χ3v) is 7.34. The third-order valence-electron chi connectivity index (χ3n) is 7.34. The van der Waals surface area contributed by atoms with Gasteiger partial charge in [0.15, 0.2) is 5.67 Å². The summed E-state index contributed by atoms with van der Waals surface area (Å²) in [5.74, 6) is -2.19. The Labute approximate surface area is 175 Å². The maximum Gasteiger partial charge on any atom is 0.245 e. The smallest absolute Gasteiger partial charge is 0.245 e. The van der Waals surface area contributed by atoms with E-state index in [1.807, 2.05) is 19.1 Å². The van der Waals surface area contributed by atoms with Crippen LogP contribution in [0, 0.1) is 18.3 Å². The molecule has 0 spiro atoms. The molecule has 0 radical (unpaired) electrons. The lowest BCUT2D eigenvalue weighted by molar-refractivity contribution is 0.0133. The number of hydrogen-bond acceptors (Lipinski definition) is 3. The molecule has 1 aromatic carbocycles. The average molecular weight is 416 g/mol. The zero-order valence-electron chi connectivity index (χ0n) is 17.6. The monoisotopic (exact) mass is 415 g/mol. The van der Waals surface area contributed by atoms with E-state index in [0.29, 0.717) is 37.3 Å². The Hall–Kier alpha value is -2.11. The second kappa shape index (κ2) is 6.44. The summed E-state index contributed by atoms with van der Waals surface area (Å²) in [6.45, 7) is 9.00. The van der Waals surface area contributed by atoms with Crippen LogP contribution in [0.2, 0.25) is 0 Å². The van der Waals surface area contributed by atoms with Crippen molar-refractivity contribution in [2.45, 2.75) is 64.0 Å². The summed E-state index contributed by atoms with van der Waals surface area (Å²) < 4.78 is 41.3. The molecule has 2 heterocycles. The Morgan fingerprint density at radius 3 is 2.70 bits per heavy atom. The largest absolute Gasteiger partial charge is 0.370 e. The Morgan fingerprint density at radius 1 is 1.27 bits per heavy atom. The number of aryl methyl sites for hydroxylation is 2. The summed E-state index contributed by atoms with van der Waals surface area (Å²) >= 11 is 0. The number of nitrogens with zero attached hydrogens (tertiary/aromatic N) is 3. The molecule has 0 N–H and O–H groups in total. The highest BCUT2D eigenvalue weighted by Gasteiger charge is 2.64. The van der Waals surface area contributed by atoms with E-state index >= 15 is 0 Å². The fourth-order valence-electron chi connectivity index (χ4n) is 5.11. The highest BCUT2D eigenvalue weighted by atomic mass is 19.3. The molecule has 6 heteroatoms. The van der Waals surface area contributed by atoms with Gasteiger partial charge in [0.05, 0.1) is 11.4 Å². The van der Waals surface area contributed by atoms with Gasteiger partial charge in [0.2, 0.25) is 5.92 Å². The molecule has 2 aliphatic heterocycles. The van der Waals surface area contributed by atoms with E-state index in [-0.39, 0.29) is 11.8 Å². The van der Waals surface area contributed by atoms with Gasteiger partial charge < -0.3 is 4.90 Å². The molecule has 2 saturated carbocycles. The van der Waals surface area contributed by atoms with Crippen molar-refractivity contribution in [1.82, 2.24) is 4.90 Å². The lowest BCUT2D eigenvalue weighted by Gasteiger charge is -2.27. The molecule has 0 aromatic heterocycles. The van der Waals surface area contributed by atoms with Crippen molar-refractivity contribution in [2.24, 2.45) is 21.5 Å². The van der Waals surface area contributed by atoms with Crippen molar-refractivity contribution < 1.29 is 13.2 Å². The Balaban J connectivity index is 1.30. The SMILES string of the molecule is C=C(c1cc(C)ccc1CCC(C)(F)F)N1CC2CC2(C2=NN=C(C3(F)CC3)C2)C1. The highest BCUT2D eigenvalue weighted by molar-refractivity contribution is 6.15. The van der Waals surface area contributed by atoms with Gasteiger partial charge in [0.25, 0.3) is 0 Å². The molecule has 2 aliphatic carbocycles. The van der Waals surface area contributed by atoms with E-state index in [2.05, 4.69) is 27.7 Å². The van der Waals surface area contributed by atoms with E-state index in [4.69, 9.17) is 0 Å². The van der Waals surface area contributed by atoms with E-state index in [1.54, 1.807) is 0 Å². The van der Waals surface area contributed by atoms with E-state index in [0.717, 1.165) is 54.5 Å². The van der Waals surface area contributed by atoms with Crippen LogP contribution in [0.15, 0.2) is 35.0 Å². The molecule has 1 aromatic rings. The number of hydrogen-bond donors (Lipinski definition) is 0. The fourth-order valence-corrected chi connectivity index (χ4v) is 5.11. The topological polar surface area (TPSA) is 28.0 Å². The molecular weight excluding hydrogens is 387 g/mol. The minimum atomic E-state index is -2.68. The van der Waals surface area contributed by atoms with Crippen LogP contribution in [-0.2, 0) is 6.42 Å². The Morgan fingerprint density at radius 2 is 2.00 bits per heavy atom. The predicted molar refractivity (Wildman–Crippen MR) is 114 cm³/mol. The molecular formula is C24H28F3N3. The highest BCUT2D eigenvalue weighted by Crippen LogP contribution is 2.61. The molecule has 3 nitrogen and oxygen atoms in total. The average Bonchev–Trinajstić information content (AvgIpc) is 3.46. The zero-order chi connectivity index (χ0) is 21.3. The number of alkyl halides is 3. The van der Waals surface area contributed by atoms with E-state index in [9.17, 15) is 13.2 Å². The molecule has 4 aliphatic rings. The van der Waals surface area contributed by atoms with Gasteiger partial charge in [-0.15, -0.1) is 0 Å². The lowest BCUT2D eigenvalue weighted by atomic mass is 9.93. The minimum absolute atomic E-state index is 0.0140. The summed E-state index contributed by atoms with van der Waals surface area (Å²) in [6.07, 6.45) is 2.92. The zero-order valence-corrected chi connectivity index (χ0v) is 17.6. The van der Waals surface area contributed by atoms with Crippen LogP contribution in [0.3, 0.4) is 0 Å². The lowest BCUT2D eigenvalue weighted by Crippen LogP contribution is -2.29. The van der Waals surface area contributed by atoms with Crippen molar-refractivity contribution in [2.75, 3.05) is 13.1 Å². The van der Waals surface area contributed by atoms with Crippen LogP contribution in [0.1, 0.15) is 55.7 Å². The molecule has 2 unspecified atom stereocenters. The van der Waals surface area contributed by atoms with Crippen LogP contribution in [0.25, 0.3) is 5.70 Å². The number of rotatable bonds is 7. The number of piperidine rings is 1. The fraction of sp³-hybridized carbons (Fsp3) is 0.583. The van der Waals surface area contributed by atoms with Gasteiger partial charge in [-0.2, -0.15) is 10.2 Å². The van der Waals surface area contributed by atoms with Gasteiger partial charge in [0.1, 0.15) is 0 Å². The van der Waals surface area contributed by atoms with Crippen LogP contribution in [0.4, 0.5) is 13.2 Å². The molecule has 30 heavy (non-hydrogen) atoms. The van der Waals surface area contributed by atoms with Gasteiger partial charge in [-0.3, -0.25) is 0 Å². The van der Waals surface area contributed by atoms with Gasteiger partial charge in [-0.25, -0.2) is 13.2 Å². The standard InChI is InChI=1S/C24H28F3N3/c1-15-4-5-17(6-7-22(3,25)26)19(10-15)16(2)30-13-18-12-23(18,14-30)20-11-21(29-28-20)24(27)8-9-24/h4-5,10,18H,2,6-9,11-14H2,1,3H3. The predicted octanol–water partition coefficient (Wildman–Crippen LogP) is 5.58. The van der Waals surface area contributed by atoms with E-state index < -0.39 is 11.6 Å². The summed E-state index contributed by atoms with van der Waals surface area (Å²) in [5.41, 5.74) is 4.27. The van der Waals surface area contributed by atoms with Crippen LogP contribution < -0.4 is 0 Å². The minimum Gasteiger partial charge on any atom is -0.370 e. The van der Waals surface area contributed by atoms with Gasteiger partial charge in [-0.1, -0.05) is 24.3 Å². The molecule has 5 rings (SSSR count). The summed E-state index contributed by atoms with van der Waals surface area (Å²) in [7, 11) is 0. The van der Waals surface area contributed by atoms with Crippen LogP contribution >= 0.6 is 0 Å². The number of halogens is 3. The first kappa shape index (κ1) is 19.8. The van der Waals surface area contributed by atoms with Gasteiger partial charge >= 0.3 is 0 Å². The van der Waals surface area contributed by atoms with Crippen molar-refractivity contribution in [3.63, 3.8) is 0 Å². The quantitative estimate of drug-likeness (QED) is 0.571. The third kappa shape index (κ3) is 3.38. The molecule has 1 saturated heterocycles. The maximum absolute atomic E-state index is 14.4. The van der Waals surface area contributed by atoms with Crippen molar-refractivity contribution >= 4 is 17.1 Å². The van der Waals surface area contributed by atoms with Crippen LogP contribution in [-0.4, -0.2) is 41.0 Å². The van der Waals surface area contributed by atoms with Crippen molar-refractivity contribution in [3.8, 4) is 0 Å². The Kier molecular flexibility index (Phi) is 4.26. The molecule has 160 valence electrons. The first-order valence-corrected chi connectivity index (χ1v) is 10.8. The molecule has 3 fully saturated rings. The normalized spacial score (nSPS) is 28.8. The first-order valence-electron chi connectivity index (χ1n) is 10.8. The van der Waals surface area contributed by atoms with E-state index in [1.165, 1.54) is 0 Å². The molecule has 2 atom stereocenters. The summed E-state index contributed by atoms with van der Waals surface area (Å²) in [5, 5.41) is 8.58. The number of fused-ring (bicyclic) bond motifs is 1. The second-order valence-corrected chi connectivity index (χ2v) is 9.85. The Bertz CT molecular complexity index is 970. The number of likely N-dealkylation sites (tertiary alicyclic amines) is 1. The van der Waals surface area contributed by atoms with Crippen molar-refractivity contribution in [3.05, 3.63) is 41.5 Å². The second-order valence-electron chi connectivity index (χ2n) is 9.85. The van der Waals surface area contributed by atoms with Gasteiger partial charge in [-0.05, 0) is 57.1 Å². The molecule has 0 amide bonds. The maximum atomic E-state index is 14.4. The summed E-state index contributed by atoms with van der Waals surface area (Å²) in [6, 6.07) is 5.97. The first-order chi connectivity index (χ1) is 14.1. The number of benzene rings is 1. The molecule has 0 bridgehead atoms. The van der Waals surface area contributed by atoms with Crippen LogP contribution in [0.5, 0.6) is 0 Å². The van der Waals surface area contributed by atoms with Gasteiger partial charge in [0, 0.05) is 42.6 Å².